The molecule has 0 spiro atoms. The zero-order chi connectivity index (χ0) is 12.5. The van der Waals surface area contributed by atoms with Crippen LogP contribution in [0, 0.1) is 5.82 Å². The molecular formula is C15H15FN2. The van der Waals surface area contributed by atoms with Gasteiger partial charge >= 0.3 is 0 Å². The van der Waals surface area contributed by atoms with Gasteiger partial charge in [-0.25, -0.2) is 4.39 Å². The molecule has 0 amide bonds. The summed E-state index contributed by atoms with van der Waals surface area (Å²) >= 11 is 0. The molecule has 3 heteroatoms. The summed E-state index contributed by atoms with van der Waals surface area (Å²) < 4.78 is 13.3. The van der Waals surface area contributed by atoms with E-state index in [1.165, 1.54) is 17.2 Å². The molecule has 92 valence electrons. The van der Waals surface area contributed by atoms with Crippen LogP contribution in [0.3, 0.4) is 0 Å². The summed E-state index contributed by atoms with van der Waals surface area (Å²) in [6.45, 7) is 1.75. The SMILES string of the molecule is Nc1ccc(CN2CCc3ccc(F)cc32)cc1. The molecule has 0 saturated carbocycles. The Morgan fingerprint density at radius 3 is 2.67 bits per heavy atom. The van der Waals surface area contributed by atoms with Crippen molar-refractivity contribution >= 4 is 11.4 Å². The first kappa shape index (κ1) is 11.1. The maximum Gasteiger partial charge on any atom is 0.125 e. The number of fused-ring (bicyclic) bond motifs is 1. The van der Waals surface area contributed by atoms with Gasteiger partial charge in [0.05, 0.1) is 0 Å². The topological polar surface area (TPSA) is 29.3 Å². The fourth-order valence-corrected chi connectivity index (χ4v) is 2.43. The average molecular weight is 242 g/mol. The minimum Gasteiger partial charge on any atom is -0.399 e. The zero-order valence-corrected chi connectivity index (χ0v) is 10.1. The molecule has 2 aromatic rings. The van der Waals surface area contributed by atoms with Crippen molar-refractivity contribution in [1.29, 1.82) is 0 Å². The largest absolute Gasteiger partial charge is 0.399 e. The van der Waals surface area contributed by atoms with E-state index >= 15 is 0 Å². The number of benzene rings is 2. The molecule has 2 aromatic carbocycles. The Kier molecular flexibility index (Phi) is 2.67. The summed E-state index contributed by atoms with van der Waals surface area (Å²) in [7, 11) is 0. The van der Waals surface area contributed by atoms with Gasteiger partial charge in [0.1, 0.15) is 5.82 Å². The highest BCUT2D eigenvalue weighted by atomic mass is 19.1. The average Bonchev–Trinajstić information content (AvgIpc) is 2.75. The van der Waals surface area contributed by atoms with Crippen molar-refractivity contribution in [3.63, 3.8) is 0 Å². The lowest BCUT2D eigenvalue weighted by Crippen LogP contribution is -2.19. The van der Waals surface area contributed by atoms with Gasteiger partial charge < -0.3 is 10.6 Å². The first-order valence-corrected chi connectivity index (χ1v) is 6.10. The van der Waals surface area contributed by atoms with Crippen LogP contribution in [0.5, 0.6) is 0 Å². The fourth-order valence-electron chi connectivity index (χ4n) is 2.43. The zero-order valence-electron chi connectivity index (χ0n) is 10.1. The monoisotopic (exact) mass is 242 g/mol. The molecule has 0 saturated heterocycles. The summed E-state index contributed by atoms with van der Waals surface area (Å²) in [5.41, 5.74) is 9.88. The molecule has 0 fully saturated rings. The van der Waals surface area contributed by atoms with E-state index in [1.54, 1.807) is 6.07 Å². The summed E-state index contributed by atoms with van der Waals surface area (Å²) in [6.07, 6.45) is 0.991. The molecule has 3 rings (SSSR count). The molecule has 2 N–H and O–H groups in total. The van der Waals surface area contributed by atoms with Gasteiger partial charge in [0.2, 0.25) is 0 Å². The molecule has 2 nitrogen and oxygen atoms in total. The molecule has 0 unspecified atom stereocenters. The molecule has 1 aliphatic heterocycles. The van der Waals surface area contributed by atoms with Gasteiger partial charge in [-0.3, -0.25) is 0 Å². The second kappa shape index (κ2) is 4.33. The summed E-state index contributed by atoms with van der Waals surface area (Å²) in [5, 5.41) is 0. The molecule has 0 aliphatic carbocycles. The lowest BCUT2D eigenvalue weighted by Gasteiger charge is -2.19. The van der Waals surface area contributed by atoms with E-state index in [2.05, 4.69) is 4.90 Å². The quantitative estimate of drug-likeness (QED) is 0.820. The van der Waals surface area contributed by atoms with E-state index in [1.807, 2.05) is 30.3 Å². The van der Waals surface area contributed by atoms with Crippen molar-refractivity contribution in [1.82, 2.24) is 0 Å². The minimum atomic E-state index is -0.169. The first-order valence-electron chi connectivity index (χ1n) is 6.10. The van der Waals surface area contributed by atoms with Crippen molar-refractivity contribution in [2.24, 2.45) is 0 Å². The highest BCUT2D eigenvalue weighted by Gasteiger charge is 2.19. The maximum absolute atomic E-state index is 13.3. The summed E-state index contributed by atoms with van der Waals surface area (Å²) in [6, 6.07) is 12.9. The van der Waals surface area contributed by atoms with Gasteiger partial charge in [0.15, 0.2) is 0 Å². The Balaban J connectivity index is 1.84. The maximum atomic E-state index is 13.3. The number of rotatable bonds is 2. The Morgan fingerprint density at radius 2 is 1.89 bits per heavy atom. The smallest absolute Gasteiger partial charge is 0.125 e. The van der Waals surface area contributed by atoms with Crippen LogP contribution in [0.25, 0.3) is 0 Å². The Hall–Kier alpha value is -2.03. The number of halogens is 1. The Morgan fingerprint density at radius 1 is 1.11 bits per heavy atom. The molecule has 1 aliphatic rings. The van der Waals surface area contributed by atoms with Crippen LogP contribution in [-0.4, -0.2) is 6.54 Å². The van der Waals surface area contributed by atoms with Crippen molar-refractivity contribution in [2.75, 3.05) is 17.2 Å². The Labute approximate surface area is 106 Å². The van der Waals surface area contributed by atoms with Crippen LogP contribution in [0.1, 0.15) is 11.1 Å². The summed E-state index contributed by atoms with van der Waals surface area (Å²) in [4.78, 5) is 2.21. The number of hydrogen-bond acceptors (Lipinski definition) is 2. The third-order valence-corrected chi connectivity index (χ3v) is 3.39. The predicted molar refractivity (Wildman–Crippen MR) is 72.0 cm³/mol. The standard InChI is InChI=1S/C15H15FN2/c16-13-4-3-12-7-8-18(15(12)9-13)10-11-1-5-14(17)6-2-11/h1-6,9H,7-8,10,17H2. The number of hydrogen-bond donors (Lipinski definition) is 1. The van der Waals surface area contributed by atoms with Crippen molar-refractivity contribution in [3.8, 4) is 0 Å². The number of nitrogens with zero attached hydrogens (tertiary/aromatic N) is 1. The number of nitrogens with two attached hydrogens (primary N) is 1. The third-order valence-electron chi connectivity index (χ3n) is 3.39. The van der Waals surface area contributed by atoms with Crippen LogP contribution in [0.2, 0.25) is 0 Å². The van der Waals surface area contributed by atoms with E-state index in [-0.39, 0.29) is 5.82 Å². The van der Waals surface area contributed by atoms with Gasteiger partial charge in [-0.15, -0.1) is 0 Å². The second-order valence-corrected chi connectivity index (χ2v) is 4.69. The molecule has 0 radical (unpaired) electrons. The van der Waals surface area contributed by atoms with Crippen LogP contribution in [-0.2, 0) is 13.0 Å². The lowest BCUT2D eigenvalue weighted by atomic mass is 10.1. The van der Waals surface area contributed by atoms with E-state index in [4.69, 9.17) is 5.73 Å². The first-order chi connectivity index (χ1) is 8.72. The molecular weight excluding hydrogens is 227 g/mol. The van der Waals surface area contributed by atoms with E-state index in [0.717, 1.165) is 30.9 Å². The second-order valence-electron chi connectivity index (χ2n) is 4.69. The normalized spacial score (nSPS) is 13.7. The van der Waals surface area contributed by atoms with Gasteiger partial charge in [0, 0.05) is 24.5 Å². The molecule has 0 bridgehead atoms. The van der Waals surface area contributed by atoms with E-state index < -0.39 is 0 Å². The van der Waals surface area contributed by atoms with Gasteiger partial charge in [-0.2, -0.15) is 0 Å². The van der Waals surface area contributed by atoms with Crippen molar-refractivity contribution in [2.45, 2.75) is 13.0 Å². The van der Waals surface area contributed by atoms with E-state index in [0.29, 0.717) is 0 Å². The predicted octanol–water partition coefficient (Wildman–Crippen LogP) is 2.97. The van der Waals surface area contributed by atoms with Crippen LogP contribution in [0.15, 0.2) is 42.5 Å². The highest BCUT2D eigenvalue weighted by molar-refractivity contribution is 5.58. The van der Waals surface area contributed by atoms with Gasteiger partial charge in [-0.05, 0) is 41.8 Å². The molecule has 18 heavy (non-hydrogen) atoms. The van der Waals surface area contributed by atoms with Crippen molar-refractivity contribution in [3.05, 3.63) is 59.4 Å². The van der Waals surface area contributed by atoms with Crippen LogP contribution >= 0.6 is 0 Å². The third kappa shape index (κ3) is 2.04. The Bertz CT molecular complexity index is 563. The molecule has 0 atom stereocenters. The summed E-state index contributed by atoms with van der Waals surface area (Å²) in [5.74, 6) is -0.169. The number of anilines is 2. The highest BCUT2D eigenvalue weighted by Crippen LogP contribution is 2.29. The van der Waals surface area contributed by atoms with Crippen LogP contribution < -0.4 is 10.6 Å². The van der Waals surface area contributed by atoms with E-state index in [9.17, 15) is 4.39 Å². The van der Waals surface area contributed by atoms with Crippen LogP contribution in [0.4, 0.5) is 15.8 Å². The lowest BCUT2D eigenvalue weighted by molar-refractivity contribution is 0.627. The fraction of sp³-hybridized carbons (Fsp3) is 0.200. The molecule has 1 heterocycles. The minimum absolute atomic E-state index is 0.169. The van der Waals surface area contributed by atoms with Gasteiger partial charge in [-0.1, -0.05) is 18.2 Å². The molecule has 0 aromatic heterocycles. The number of nitrogen functional groups attached to an aromatic ring is 1. The van der Waals surface area contributed by atoms with Crippen molar-refractivity contribution < 1.29 is 4.39 Å². The van der Waals surface area contributed by atoms with Gasteiger partial charge in [0.25, 0.3) is 0 Å².